The van der Waals surface area contributed by atoms with Gasteiger partial charge in [0.05, 0.1) is 47.1 Å². The van der Waals surface area contributed by atoms with Crippen molar-refractivity contribution in [3.63, 3.8) is 0 Å². The smallest absolute Gasteiger partial charge is 0.545 e. The van der Waals surface area contributed by atoms with Crippen LogP contribution in [0.5, 0.6) is 0 Å². The minimum atomic E-state index is -1.68. The van der Waals surface area contributed by atoms with Gasteiger partial charge in [0.2, 0.25) is 0 Å². The van der Waals surface area contributed by atoms with E-state index in [9.17, 15) is 44.9 Å². The van der Waals surface area contributed by atoms with Gasteiger partial charge in [-0.25, -0.2) is 9.36 Å². The Morgan fingerprint density at radius 1 is 0.745 bits per heavy atom. The van der Waals surface area contributed by atoms with Gasteiger partial charge in [0.25, 0.3) is 0 Å². The zero-order chi connectivity index (χ0) is 31.8. The summed E-state index contributed by atoms with van der Waals surface area (Å²) >= 11 is 0. The topological polar surface area (TPSA) is 271 Å². The molecule has 47 heavy (non-hydrogen) atoms. The van der Waals surface area contributed by atoms with Crippen molar-refractivity contribution in [1.29, 1.82) is 5.26 Å². The van der Waals surface area contributed by atoms with Gasteiger partial charge in [-0.15, -0.1) is 10.2 Å². The third-order valence-electron chi connectivity index (χ3n) is 5.98. The number of carboxylic acid groups (broad SMARTS) is 4. The predicted octanol–water partition coefficient (Wildman–Crippen LogP) is -13.3. The number of aromatic carboxylic acids is 4. The number of nitrogens with two attached hydrogens (primary N) is 1. The Morgan fingerprint density at radius 3 is 1.51 bits per heavy atom. The number of nitrogen functional groups attached to an aromatic ring is 1. The standard InChI is InChI=1S/C27H22N8O8.4K/c1-27(2,3)20-19(21(29)34(33-20)17-6-12(23(36)37)4-13(7-17)24(38)39)31-32-22-16(10-28)11-30-35(22)18-8-14(25(40)41)5-15(9-18)26(42)43;;;;/h4-9,11H,29H2,1-3H3,(H,36,37)(H,38,39)(H,40,41)(H,42,43);;;;/q;4*+1/p-4. The number of hydrogen-bond donors (Lipinski definition) is 1. The summed E-state index contributed by atoms with van der Waals surface area (Å²) in [4.78, 5) is 46.0. The first-order valence-corrected chi connectivity index (χ1v) is 12.1. The summed E-state index contributed by atoms with van der Waals surface area (Å²) in [5.74, 6) is -7.12. The van der Waals surface area contributed by atoms with Crippen LogP contribution in [0.1, 0.15) is 73.5 Å². The van der Waals surface area contributed by atoms with Crippen LogP contribution in [0.3, 0.4) is 0 Å². The van der Waals surface area contributed by atoms with Gasteiger partial charge in [-0.2, -0.15) is 15.5 Å². The van der Waals surface area contributed by atoms with Crippen molar-refractivity contribution in [2.75, 3.05) is 5.73 Å². The Kier molecular flexibility index (Phi) is 19.8. The molecule has 0 aliphatic carbocycles. The van der Waals surface area contributed by atoms with E-state index in [4.69, 9.17) is 5.73 Å². The third kappa shape index (κ3) is 11.1. The Bertz CT molecular complexity index is 1860. The predicted molar refractivity (Wildman–Crippen MR) is 136 cm³/mol. The zero-order valence-corrected chi connectivity index (χ0v) is 39.0. The van der Waals surface area contributed by atoms with Gasteiger partial charge < -0.3 is 45.3 Å². The van der Waals surface area contributed by atoms with Crippen molar-refractivity contribution in [2.45, 2.75) is 26.2 Å². The van der Waals surface area contributed by atoms with E-state index in [2.05, 4.69) is 20.4 Å². The van der Waals surface area contributed by atoms with Crippen molar-refractivity contribution < 1.29 is 245 Å². The molecule has 0 aliphatic heterocycles. The number of carboxylic acids is 4. The van der Waals surface area contributed by atoms with Crippen LogP contribution >= 0.6 is 0 Å². The summed E-state index contributed by atoms with van der Waals surface area (Å²) in [6, 6.07) is 7.79. The van der Waals surface area contributed by atoms with Crippen LogP contribution in [0.4, 0.5) is 17.3 Å². The van der Waals surface area contributed by atoms with Crippen LogP contribution in [0.2, 0.25) is 0 Å². The molecule has 20 heteroatoms. The number of benzene rings is 2. The number of rotatable bonds is 8. The van der Waals surface area contributed by atoms with Crippen LogP contribution in [-0.2, 0) is 5.41 Å². The van der Waals surface area contributed by atoms with E-state index in [-0.39, 0.29) is 245 Å². The molecule has 0 saturated heterocycles. The monoisotopic (exact) mass is 738 g/mol. The van der Waals surface area contributed by atoms with Gasteiger partial charge in [0, 0.05) is 5.41 Å². The maximum absolute atomic E-state index is 11.5. The largest absolute Gasteiger partial charge is 1.00 e. The summed E-state index contributed by atoms with van der Waals surface area (Å²) in [5.41, 5.74) is 3.45. The average molecular weight is 739 g/mol. The molecule has 4 rings (SSSR count). The normalized spacial score (nSPS) is 10.4. The van der Waals surface area contributed by atoms with Gasteiger partial charge in [-0.1, -0.05) is 20.8 Å². The van der Waals surface area contributed by atoms with E-state index in [0.717, 1.165) is 52.0 Å². The molecule has 0 unspecified atom stereocenters. The number of nitrogens with zero attached hydrogens (tertiary/aromatic N) is 7. The summed E-state index contributed by atoms with van der Waals surface area (Å²) < 4.78 is 2.01. The molecule has 16 nitrogen and oxygen atoms in total. The maximum atomic E-state index is 11.5. The summed E-state index contributed by atoms with van der Waals surface area (Å²) in [7, 11) is 0. The number of anilines is 1. The maximum Gasteiger partial charge on any atom is 1.00 e. The molecule has 2 aromatic heterocycles. The second-order valence-electron chi connectivity index (χ2n) is 10.0. The summed E-state index contributed by atoms with van der Waals surface area (Å²) in [6.07, 6.45) is 1.09. The van der Waals surface area contributed by atoms with Crippen LogP contribution < -0.4 is 232 Å². The molecule has 2 N–H and O–H groups in total. The fraction of sp³-hybridized carbons (Fsp3) is 0.148. The number of carbonyl (C=O) groups is 4. The molecule has 2 heterocycles. The third-order valence-corrected chi connectivity index (χ3v) is 5.98. The Morgan fingerprint density at radius 2 is 1.15 bits per heavy atom. The molecule has 0 spiro atoms. The van der Waals surface area contributed by atoms with Gasteiger partial charge in [-0.05, 0) is 58.7 Å². The number of azo groups is 1. The van der Waals surface area contributed by atoms with E-state index < -0.39 is 51.5 Å². The minimum Gasteiger partial charge on any atom is -0.545 e. The van der Waals surface area contributed by atoms with Gasteiger partial charge in [-0.3, -0.25) is 0 Å². The first-order chi connectivity index (χ1) is 20.1. The van der Waals surface area contributed by atoms with Crippen molar-refractivity contribution in [1.82, 2.24) is 19.6 Å². The van der Waals surface area contributed by atoms with Crippen LogP contribution in [0, 0.1) is 11.3 Å². The van der Waals surface area contributed by atoms with E-state index in [1.165, 1.54) is 0 Å². The molecule has 0 fully saturated rings. The van der Waals surface area contributed by atoms with Crippen LogP contribution in [0.15, 0.2) is 52.8 Å². The van der Waals surface area contributed by atoms with Gasteiger partial charge >= 0.3 is 206 Å². The Hall–Kier alpha value is 0.175. The average Bonchev–Trinajstić information content (AvgIpc) is 3.51. The van der Waals surface area contributed by atoms with Crippen molar-refractivity contribution in [2.24, 2.45) is 10.2 Å². The first-order valence-electron chi connectivity index (χ1n) is 12.1. The molecule has 0 atom stereocenters. The van der Waals surface area contributed by atoms with Crippen molar-refractivity contribution in [3.8, 4) is 17.4 Å². The van der Waals surface area contributed by atoms with Crippen molar-refractivity contribution >= 4 is 41.2 Å². The number of aromatic nitrogens is 4. The summed E-state index contributed by atoms with van der Waals surface area (Å²) in [6.45, 7) is 5.25. The SMILES string of the molecule is CC(C)(C)c1nn(-c2cc(C(=O)[O-])cc(C(=O)[O-])c2)c(N)c1N=Nc1c(C#N)cnn1-c1cc(C(=O)[O-])cc(C(=O)[O-])c1.[K+].[K+].[K+].[K+]. The number of hydrogen-bond acceptors (Lipinski definition) is 14. The fourth-order valence-corrected chi connectivity index (χ4v) is 3.97. The molecule has 218 valence electrons. The molecular formula is C27H18K4N8O8. The molecule has 0 saturated carbocycles. The Labute approximate surface area is 437 Å². The van der Waals surface area contributed by atoms with E-state index in [1.807, 2.05) is 6.07 Å². The number of carbonyl (C=O) groups excluding carboxylic acids is 4. The van der Waals surface area contributed by atoms with E-state index >= 15 is 0 Å². The molecule has 0 amide bonds. The molecule has 0 bridgehead atoms. The second kappa shape index (κ2) is 19.7. The second-order valence-corrected chi connectivity index (χ2v) is 10.0. The van der Waals surface area contributed by atoms with Crippen LogP contribution in [0.25, 0.3) is 11.4 Å². The van der Waals surface area contributed by atoms with E-state index in [0.29, 0.717) is 0 Å². The molecule has 0 aliphatic rings. The molecule has 2 aromatic carbocycles. The fourth-order valence-electron chi connectivity index (χ4n) is 3.97. The van der Waals surface area contributed by atoms with Gasteiger partial charge in [0.15, 0.2) is 17.3 Å². The van der Waals surface area contributed by atoms with Crippen LogP contribution in [-0.4, -0.2) is 43.4 Å². The zero-order valence-electron chi connectivity index (χ0n) is 26.5. The molecule has 4 aromatic rings. The first kappa shape index (κ1) is 47.2. The molecule has 0 radical (unpaired) electrons. The molecular weight excluding hydrogens is 721 g/mol. The van der Waals surface area contributed by atoms with Gasteiger partial charge in [0.1, 0.15) is 11.6 Å². The summed E-state index contributed by atoms with van der Waals surface area (Å²) in [5, 5.41) is 72.3. The van der Waals surface area contributed by atoms with Crippen molar-refractivity contribution in [3.05, 3.63) is 76.1 Å². The quantitative estimate of drug-likeness (QED) is 0.130. The number of nitriles is 1. The minimum absolute atomic E-state index is 0. The Balaban J connectivity index is 0.00000529. The van der Waals surface area contributed by atoms with E-state index in [1.54, 1.807) is 20.8 Å².